The molecule has 0 aliphatic rings. The molecule has 0 bridgehead atoms. The van der Waals surface area contributed by atoms with Crippen LogP contribution in [0.15, 0.2) is 12.1 Å². The number of ether oxygens (including phenoxy) is 1. The van der Waals surface area contributed by atoms with Crippen molar-refractivity contribution in [3.8, 4) is 11.5 Å². The Morgan fingerprint density at radius 2 is 2.25 bits per heavy atom. The first kappa shape index (κ1) is 12.6. The Kier molecular flexibility index (Phi) is 3.98. The van der Waals surface area contributed by atoms with Crippen molar-refractivity contribution < 1.29 is 19.7 Å². The van der Waals surface area contributed by atoms with Gasteiger partial charge in [0.1, 0.15) is 0 Å². The predicted octanol–water partition coefficient (Wildman–Crippen LogP) is 1.18. The van der Waals surface area contributed by atoms with Gasteiger partial charge in [0.05, 0.1) is 13.0 Å². The van der Waals surface area contributed by atoms with Gasteiger partial charge in [0.2, 0.25) is 0 Å². The first-order valence-corrected chi connectivity index (χ1v) is 4.88. The van der Waals surface area contributed by atoms with Gasteiger partial charge in [-0.3, -0.25) is 4.79 Å². The number of halogens is 1. The highest BCUT2D eigenvalue weighted by molar-refractivity contribution is 6.30. The van der Waals surface area contributed by atoms with E-state index >= 15 is 0 Å². The van der Waals surface area contributed by atoms with Crippen LogP contribution in [0.4, 0.5) is 0 Å². The Hall–Kier alpha value is -1.46. The zero-order valence-corrected chi connectivity index (χ0v) is 9.36. The summed E-state index contributed by atoms with van der Waals surface area (Å²) < 4.78 is 4.87. The molecule has 16 heavy (non-hydrogen) atoms. The van der Waals surface area contributed by atoms with E-state index in [-0.39, 0.29) is 28.6 Å². The Morgan fingerprint density at radius 3 is 2.69 bits per heavy atom. The summed E-state index contributed by atoms with van der Waals surface area (Å²) in [5.41, 5.74) is 5.49. The lowest BCUT2D eigenvalue weighted by molar-refractivity contribution is -0.138. The van der Waals surface area contributed by atoms with Crippen LogP contribution < -0.4 is 10.5 Å². The lowest BCUT2D eigenvalue weighted by Gasteiger charge is -2.14. The standard InChI is InChI=1S/C10H12ClNO4/c1-16-8-3-5(11)2-6(9(8)13)7(4-12)10(14)15/h2-3,7,13H,4,12H2,1H3,(H,14,15). The second kappa shape index (κ2) is 5.05. The van der Waals surface area contributed by atoms with Crippen molar-refractivity contribution in [2.45, 2.75) is 5.92 Å². The van der Waals surface area contributed by atoms with Crippen molar-refractivity contribution in [2.75, 3.05) is 13.7 Å². The van der Waals surface area contributed by atoms with Crippen LogP contribution in [0.25, 0.3) is 0 Å². The molecule has 0 aromatic heterocycles. The van der Waals surface area contributed by atoms with Crippen molar-refractivity contribution in [3.63, 3.8) is 0 Å². The maximum Gasteiger partial charge on any atom is 0.312 e. The molecule has 5 nitrogen and oxygen atoms in total. The monoisotopic (exact) mass is 245 g/mol. The van der Waals surface area contributed by atoms with Crippen molar-refractivity contribution in [2.24, 2.45) is 5.73 Å². The number of methoxy groups -OCH3 is 1. The zero-order valence-electron chi connectivity index (χ0n) is 8.61. The van der Waals surface area contributed by atoms with Gasteiger partial charge in [0.25, 0.3) is 0 Å². The van der Waals surface area contributed by atoms with E-state index in [0.29, 0.717) is 0 Å². The van der Waals surface area contributed by atoms with E-state index in [0.717, 1.165) is 0 Å². The highest BCUT2D eigenvalue weighted by atomic mass is 35.5. The number of nitrogens with two attached hydrogens (primary N) is 1. The van der Waals surface area contributed by atoms with Crippen LogP contribution >= 0.6 is 11.6 Å². The van der Waals surface area contributed by atoms with Gasteiger partial charge in [0.15, 0.2) is 11.5 Å². The Labute approximate surface area is 97.4 Å². The molecule has 1 rings (SSSR count). The van der Waals surface area contributed by atoms with Gasteiger partial charge in [-0.25, -0.2) is 0 Å². The lowest BCUT2D eigenvalue weighted by atomic mass is 9.98. The number of hydrogen-bond acceptors (Lipinski definition) is 4. The Morgan fingerprint density at radius 1 is 1.62 bits per heavy atom. The van der Waals surface area contributed by atoms with Crippen molar-refractivity contribution >= 4 is 17.6 Å². The number of rotatable bonds is 4. The smallest absolute Gasteiger partial charge is 0.312 e. The minimum Gasteiger partial charge on any atom is -0.504 e. The third-order valence-corrected chi connectivity index (χ3v) is 2.42. The number of phenolic OH excluding ortho intramolecular Hbond substituents is 1. The first-order chi connectivity index (χ1) is 7.51. The number of hydrogen-bond donors (Lipinski definition) is 3. The van der Waals surface area contributed by atoms with E-state index in [1.165, 1.54) is 19.2 Å². The lowest BCUT2D eigenvalue weighted by Crippen LogP contribution is -2.21. The topological polar surface area (TPSA) is 92.8 Å². The van der Waals surface area contributed by atoms with Crippen molar-refractivity contribution in [3.05, 3.63) is 22.7 Å². The van der Waals surface area contributed by atoms with Gasteiger partial charge in [-0.15, -0.1) is 0 Å². The van der Waals surface area contributed by atoms with E-state index < -0.39 is 11.9 Å². The average molecular weight is 246 g/mol. The van der Waals surface area contributed by atoms with Crippen molar-refractivity contribution in [1.29, 1.82) is 0 Å². The summed E-state index contributed by atoms with van der Waals surface area (Å²) in [5.74, 6) is -2.25. The Bertz CT molecular complexity index is 408. The first-order valence-electron chi connectivity index (χ1n) is 4.50. The molecule has 0 radical (unpaired) electrons. The van der Waals surface area contributed by atoms with E-state index in [1.54, 1.807) is 0 Å². The number of aromatic hydroxyl groups is 1. The van der Waals surface area contributed by atoms with Crippen molar-refractivity contribution in [1.82, 2.24) is 0 Å². The number of benzene rings is 1. The molecular formula is C10H12ClNO4. The molecule has 0 saturated carbocycles. The Balaban J connectivity index is 3.31. The molecule has 0 amide bonds. The van der Waals surface area contributed by atoms with Gasteiger partial charge >= 0.3 is 5.97 Å². The fourth-order valence-electron chi connectivity index (χ4n) is 1.38. The molecule has 0 heterocycles. The minimum atomic E-state index is -1.12. The molecule has 88 valence electrons. The van der Waals surface area contributed by atoms with Crippen LogP contribution in [0, 0.1) is 0 Å². The summed E-state index contributed by atoms with van der Waals surface area (Å²) in [7, 11) is 1.35. The molecule has 1 atom stereocenters. The molecule has 0 spiro atoms. The van der Waals surface area contributed by atoms with Crippen LogP contribution in [0.3, 0.4) is 0 Å². The predicted molar refractivity (Wildman–Crippen MR) is 59.1 cm³/mol. The summed E-state index contributed by atoms with van der Waals surface area (Å²) in [4.78, 5) is 10.9. The van der Waals surface area contributed by atoms with Crippen LogP contribution in [0.5, 0.6) is 11.5 Å². The van der Waals surface area contributed by atoms with E-state index in [1.807, 2.05) is 0 Å². The maximum absolute atomic E-state index is 10.9. The third-order valence-electron chi connectivity index (χ3n) is 2.20. The SMILES string of the molecule is COc1cc(Cl)cc(C(CN)C(=O)O)c1O. The number of aliphatic carboxylic acids is 1. The van der Waals surface area contributed by atoms with E-state index in [4.69, 9.17) is 27.2 Å². The summed E-state index contributed by atoms with van der Waals surface area (Å²) in [5, 5.41) is 19.0. The molecule has 0 fully saturated rings. The second-order valence-electron chi connectivity index (χ2n) is 3.17. The summed E-state index contributed by atoms with van der Waals surface area (Å²) >= 11 is 5.78. The van der Waals surface area contributed by atoms with Crippen LogP contribution in [-0.2, 0) is 4.79 Å². The summed E-state index contributed by atoms with van der Waals surface area (Å²) in [6, 6.07) is 2.76. The molecule has 0 saturated heterocycles. The normalized spacial score (nSPS) is 12.2. The minimum absolute atomic E-state index is 0.127. The van der Waals surface area contributed by atoms with E-state index in [9.17, 15) is 9.90 Å². The zero-order chi connectivity index (χ0) is 12.3. The third kappa shape index (κ3) is 2.37. The second-order valence-corrected chi connectivity index (χ2v) is 3.61. The molecule has 6 heteroatoms. The average Bonchev–Trinajstić information content (AvgIpc) is 2.23. The highest BCUT2D eigenvalue weighted by Gasteiger charge is 2.24. The number of carboxylic acid groups (broad SMARTS) is 1. The van der Waals surface area contributed by atoms with Gasteiger partial charge in [-0.2, -0.15) is 0 Å². The molecular weight excluding hydrogens is 234 g/mol. The highest BCUT2D eigenvalue weighted by Crippen LogP contribution is 2.37. The molecule has 0 aliphatic carbocycles. The molecule has 0 aliphatic heterocycles. The molecule has 4 N–H and O–H groups in total. The van der Waals surface area contributed by atoms with Crippen LogP contribution in [-0.4, -0.2) is 29.8 Å². The van der Waals surface area contributed by atoms with Crippen LogP contribution in [0.2, 0.25) is 5.02 Å². The summed E-state index contributed by atoms with van der Waals surface area (Å²) in [6.07, 6.45) is 0. The summed E-state index contributed by atoms with van der Waals surface area (Å²) in [6.45, 7) is -0.133. The molecule has 1 aromatic rings. The van der Waals surface area contributed by atoms with Gasteiger partial charge < -0.3 is 20.7 Å². The quantitative estimate of drug-likeness (QED) is 0.741. The number of carboxylic acids is 1. The van der Waals surface area contributed by atoms with Gasteiger partial charge in [-0.05, 0) is 6.07 Å². The largest absolute Gasteiger partial charge is 0.504 e. The molecule has 1 aromatic carbocycles. The van der Waals surface area contributed by atoms with Crippen LogP contribution in [0.1, 0.15) is 11.5 Å². The fraction of sp³-hybridized carbons (Fsp3) is 0.300. The number of carbonyl (C=O) groups is 1. The van der Waals surface area contributed by atoms with Gasteiger partial charge in [-0.1, -0.05) is 11.6 Å². The molecule has 1 unspecified atom stereocenters. The van der Waals surface area contributed by atoms with E-state index in [2.05, 4.69) is 0 Å². The maximum atomic E-state index is 10.9. The van der Waals surface area contributed by atoms with Gasteiger partial charge in [0, 0.05) is 23.2 Å². The fourth-order valence-corrected chi connectivity index (χ4v) is 1.59. The number of phenols is 1.